The zero-order valence-corrected chi connectivity index (χ0v) is 24.1. The highest BCUT2D eigenvalue weighted by atomic mass is 33.1. The molecule has 0 heterocycles. The van der Waals surface area contributed by atoms with Crippen LogP contribution in [0.2, 0.25) is 0 Å². The summed E-state index contributed by atoms with van der Waals surface area (Å²) in [4.78, 5) is 23.2. The summed E-state index contributed by atoms with van der Waals surface area (Å²) >= 11 is 0. The number of allylic oxidation sites excluding steroid dienone is 12. The van der Waals surface area contributed by atoms with Crippen LogP contribution in [0.1, 0.15) is 71.1 Å². The Bertz CT molecular complexity index is 742. The largest absolute Gasteiger partial charge is 0.393 e. The van der Waals surface area contributed by atoms with Gasteiger partial charge in [-0.1, -0.05) is 101 Å². The topological polar surface area (TPSA) is 86.6 Å². The lowest BCUT2D eigenvalue weighted by atomic mass is 10.1. The molecule has 1 unspecified atom stereocenters. The number of amides is 1. The number of carbonyl (C=O) groups is 2. The van der Waals surface area contributed by atoms with Gasteiger partial charge in [0.05, 0.1) is 6.61 Å². The van der Waals surface area contributed by atoms with Crippen molar-refractivity contribution in [2.24, 2.45) is 0 Å². The molecule has 0 rings (SSSR count). The maximum Gasteiger partial charge on any atom is 0.251 e. The molecule has 3 N–H and O–H groups in total. The number of hydrogen-bond donors (Lipinski definition) is 3. The number of nitrogens with one attached hydrogen (secondary N) is 1. The van der Waals surface area contributed by atoms with Gasteiger partial charge in [0.2, 0.25) is 0 Å². The molecule has 0 saturated heterocycles. The van der Waals surface area contributed by atoms with E-state index in [1.807, 2.05) is 0 Å². The number of hydrogen-bond acceptors (Lipinski definition) is 6. The van der Waals surface area contributed by atoms with Crippen LogP contribution < -0.4 is 5.32 Å². The van der Waals surface area contributed by atoms with E-state index in [2.05, 4.69) is 85.2 Å². The fourth-order valence-electron chi connectivity index (χ4n) is 2.87. The summed E-state index contributed by atoms with van der Waals surface area (Å²) in [5, 5.41) is 20.4. The Hall–Kier alpha value is -1.80. The maximum absolute atomic E-state index is 12.0. The fourth-order valence-corrected chi connectivity index (χ4v) is 4.87. The van der Waals surface area contributed by atoms with Gasteiger partial charge in [0, 0.05) is 30.9 Å². The van der Waals surface area contributed by atoms with Crippen LogP contribution in [0, 0.1) is 0 Å². The third-order valence-corrected chi connectivity index (χ3v) is 7.41. The summed E-state index contributed by atoms with van der Waals surface area (Å²) in [6.45, 7) is 2.02. The van der Waals surface area contributed by atoms with Crippen LogP contribution in [-0.2, 0) is 9.59 Å². The van der Waals surface area contributed by atoms with Crippen molar-refractivity contribution in [2.75, 3.05) is 24.7 Å². The Balaban J connectivity index is 3.54. The Labute approximate surface area is 232 Å². The summed E-state index contributed by atoms with van der Waals surface area (Å²) in [6, 6.07) is 0. The second kappa shape index (κ2) is 28.8. The van der Waals surface area contributed by atoms with E-state index in [-0.39, 0.29) is 0 Å². The molecule has 7 heteroatoms. The molecule has 0 saturated carbocycles. The smallest absolute Gasteiger partial charge is 0.251 e. The molecule has 0 aromatic heterocycles. The number of Topliss-reactive ketones (excluding diaryl/α,β-unsaturated/α-hetero) is 1. The van der Waals surface area contributed by atoms with E-state index >= 15 is 0 Å². The van der Waals surface area contributed by atoms with Crippen molar-refractivity contribution in [3.63, 3.8) is 0 Å². The monoisotopic (exact) mass is 549 g/mol. The van der Waals surface area contributed by atoms with E-state index in [4.69, 9.17) is 10.2 Å². The first-order valence-corrected chi connectivity index (χ1v) is 15.8. The standard InChI is InChI=1S/C30H47NO4S2/c1-2-3-4-5-6-7-8-9-10-11-12-13-14-15-16-17-18-19-20-22-28(33)23-21-25-36-37-26-24-31-30(35)29(34)27-32/h3-4,6-7,9-10,12-13,15-16,18-19,29,32,34H,2,5,8,11,14,17,20-27H2,1H3,(H,31,35)/b4-3-,7-6-,10-9-,13-12-,16-15-,19-18-. The number of carbonyl (C=O) groups excluding carboxylic acids is 2. The molecule has 0 aliphatic carbocycles. The zero-order valence-electron chi connectivity index (χ0n) is 22.4. The lowest BCUT2D eigenvalue weighted by Crippen LogP contribution is -2.37. The molecular weight excluding hydrogens is 502 g/mol. The molecule has 0 aliphatic heterocycles. The van der Waals surface area contributed by atoms with Crippen molar-refractivity contribution in [2.45, 2.75) is 77.2 Å². The molecule has 0 aliphatic rings. The molecule has 5 nitrogen and oxygen atoms in total. The van der Waals surface area contributed by atoms with Crippen LogP contribution in [-0.4, -0.2) is 52.7 Å². The van der Waals surface area contributed by atoms with Gasteiger partial charge in [-0.25, -0.2) is 0 Å². The van der Waals surface area contributed by atoms with Crippen molar-refractivity contribution >= 4 is 33.3 Å². The highest BCUT2D eigenvalue weighted by molar-refractivity contribution is 8.76. The van der Waals surface area contributed by atoms with E-state index in [1.54, 1.807) is 21.6 Å². The number of aliphatic hydroxyl groups is 2. The molecule has 0 radical (unpaired) electrons. The van der Waals surface area contributed by atoms with Crippen LogP contribution in [0.15, 0.2) is 72.9 Å². The van der Waals surface area contributed by atoms with Gasteiger partial charge in [-0.3, -0.25) is 9.59 Å². The van der Waals surface area contributed by atoms with Crippen LogP contribution in [0.4, 0.5) is 0 Å². The van der Waals surface area contributed by atoms with Crippen molar-refractivity contribution in [1.82, 2.24) is 5.32 Å². The Morgan fingerprint density at radius 3 is 1.73 bits per heavy atom. The first-order chi connectivity index (χ1) is 18.1. The summed E-state index contributed by atoms with van der Waals surface area (Å²) in [5.41, 5.74) is 0. The third-order valence-electron chi connectivity index (χ3n) is 4.91. The number of ketones is 1. The highest BCUT2D eigenvalue weighted by Crippen LogP contribution is 2.22. The average molecular weight is 550 g/mol. The molecule has 37 heavy (non-hydrogen) atoms. The fraction of sp³-hybridized carbons (Fsp3) is 0.533. The SMILES string of the molecule is CC/C=C\C/C=C\C/C=C\C/C=C\C/C=C\C/C=C\CCC(=O)CCCSSCCNC(=O)C(O)CO. The second-order valence-corrected chi connectivity index (χ2v) is 10.9. The first-order valence-electron chi connectivity index (χ1n) is 13.3. The van der Waals surface area contributed by atoms with Crippen LogP contribution in [0.3, 0.4) is 0 Å². The molecule has 208 valence electrons. The summed E-state index contributed by atoms with van der Waals surface area (Å²) in [6.07, 6.45) is 33.6. The minimum atomic E-state index is -1.35. The van der Waals surface area contributed by atoms with Gasteiger partial charge in [0.15, 0.2) is 6.10 Å². The van der Waals surface area contributed by atoms with Gasteiger partial charge in [0.25, 0.3) is 5.91 Å². The van der Waals surface area contributed by atoms with E-state index in [9.17, 15) is 9.59 Å². The molecule has 0 fully saturated rings. The van der Waals surface area contributed by atoms with Crippen molar-refractivity contribution < 1.29 is 19.8 Å². The molecule has 1 atom stereocenters. The maximum atomic E-state index is 12.0. The van der Waals surface area contributed by atoms with Gasteiger partial charge in [-0.15, -0.1) is 0 Å². The van der Waals surface area contributed by atoms with E-state index < -0.39 is 18.6 Å². The van der Waals surface area contributed by atoms with Crippen molar-refractivity contribution in [3.8, 4) is 0 Å². The van der Waals surface area contributed by atoms with Crippen molar-refractivity contribution in [1.29, 1.82) is 0 Å². The number of rotatable bonds is 24. The number of aliphatic hydroxyl groups excluding tert-OH is 2. The van der Waals surface area contributed by atoms with E-state index in [0.717, 1.165) is 57.1 Å². The Morgan fingerprint density at radius 2 is 1.22 bits per heavy atom. The van der Waals surface area contributed by atoms with Gasteiger partial charge in [-0.05, 0) is 51.4 Å². The van der Waals surface area contributed by atoms with Crippen LogP contribution >= 0.6 is 21.6 Å². The van der Waals surface area contributed by atoms with E-state index in [1.165, 1.54) is 0 Å². The lowest BCUT2D eigenvalue weighted by molar-refractivity contribution is -0.131. The summed E-state index contributed by atoms with van der Waals surface area (Å²) < 4.78 is 0. The van der Waals surface area contributed by atoms with Gasteiger partial charge < -0.3 is 15.5 Å². The first kappa shape index (κ1) is 35.2. The van der Waals surface area contributed by atoms with Gasteiger partial charge in [-0.2, -0.15) is 0 Å². The minimum Gasteiger partial charge on any atom is -0.393 e. The Kier molecular flexibility index (Phi) is 27.4. The molecule has 0 bridgehead atoms. The van der Waals surface area contributed by atoms with Crippen LogP contribution in [0.5, 0.6) is 0 Å². The predicted molar refractivity (Wildman–Crippen MR) is 163 cm³/mol. The molecule has 1 amide bonds. The quantitative estimate of drug-likeness (QED) is 0.0709. The van der Waals surface area contributed by atoms with Gasteiger partial charge >= 0.3 is 0 Å². The van der Waals surface area contributed by atoms with Gasteiger partial charge in [0.1, 0.15) is 5.78 Å². The minimum absolute atomic E-state index is 0.301. The lowest BCUT2D eigenvalue weighted by Gasteiger charge is -2.08. The highest BCUT2D eigenvalue weighted by Gasteiger charge is 2.11. The second-order valence-electron chi connectivity index (χ2n) is 8.23. The molecule has 0 aromatic carbocycles. The summed E-state index contributed by atoms with van der Waals surface area (Å²) in [5.74, 6) is 1.36. The summed E-state index contributed by atoms with van der Waals surface area (Å²) in [7, 11) is 3.31. The van der Waals surface area contributed by atoms with Crippen LogP contribution in [0.25, 0.3) is 0 Å². The predicted octanol–water partition coefficient (Wildman–Crippen LogP) is 6.66. The zero-order chi connectivity index (χ0) is 27.2. The molecule has 0 aromatic rings. The molecular formula is C30H47NO4S2. The average Bonchev–Trinajstić information content (AvgIpc) is 2.90. The normalized spacial score (nSPS) is 13.4. The third kappa shape index (κ3) is 27.1. The van der Waals surface area contributed by atoms with E-state index in [0.29, 0.717) is 30.9 Å². The van der Waals surface area contributed by atoms with Crippen molar-refractivity contribution in [3.05, 3.63) is 72.9 Å². The molecule has 0 spiro atoms. The Morgan fingerprint density at radius 1 is 0.730 bits per heavy atom.